The zero-order chi connectivity index (χ0) is 27.3. The van der Waals surface area contributed by atoms with Crippen LogP contribution >= 0.6 is 0 Å². The van der Waals surface area contributed by atoms with Gasteiger partial charge in [-0.15, -0.1) is 5.10 Å². The van der Waals surface area contributed by atoms with E-state index in [0.29, 0.717) is 53.5 Å². The van der Waals surface area contributed by atoms with E-state index in [0.717, 1.165) is 24.8 Å². The van der Waals surface area contributed by atoms with Gasteiger partial charge in [-0.3, -0.25) is 9.52 Å². The molecule has 0 radical (unpaired) electrons. The van der Waals surface area contributed by atoms with Crippen LogP contribution in [0.2, 0.25) is 0 Å². The molecule has 0 fully saturated rings. The topological polar surface area (TPSA) is 139 Å². The van der Waals surface area contributed by atoms with E-state index in [1.807, 2.05) is 6.92 Å². The van der Waals surface area contributed by atoms with E-state index in [2.05, 4.69) is 26.7 Å². The Morgan fingerprint density at radius 3 is 2.53 bits per heavy atom. The van der Waals surface area contributed by atoms with Crippen LogP contribution in [-0.4, -0.2) is 46.3 Å². The van der Waals surface area contributed by atoms with Gasteiger partial charge in [-0.2, -0.15) is 0 Å². The minimum absolute atomic E-state index is 0.0110. The van der Waals surface area contributed by atoms with Crippen molar-refractivity contribution in [2.24, 2.45) is 0 Å². The first-order valence-corrected chi connectivity index (χ1v) is 14.2. The number of aryl methyl sites for hydroxylation is 2. The molecule has 0 aliphatic heterocycles. The summed E-state index contributed by atoms with van der Waals surface area (Å²) in [4.78, 5) is 20.4. The number of aromatic amines is 1. The van der Waals surface area contributed by atoms with Crippen LogP contribution in [0, 0.1) is 6.92 Å². The van der Waals surface area contributed by atoms with Crippen molar-refractivity contribution in [2.75, 3.05) is 17.9 Å². The standard InChI is InChI=1S/C27H33N5O5S/c1-4-6-7-8-24-28-18(3)25-27(34)29-26(30-32(24)25)22-17-21(13-14-23(22)37-5-2)38(35,36)31-20-11-9-19(10-12-20)15-16-33/h9-14,17,31,33H,4-8,15-16H2,1-3H3,(H,29,30,34). The molecule has 2 aromatic carbocycles. The summed E-state index contributed by atoms with van der Waals surface area (Å²) < 4.78 is 36.4. The quantitative estimate of drug-likeness (QED) is 0.232. The molecule has 4 aromatic rings. The van der Waals surface area contributed by atoms with Gasteiger partial charge in [0.05, 0.1) is 22.8 Å². The molecule has 2 heterocycles. The molecule has 202 valence electrons. The number of unbranched alkanes of at least 4 members (excludes halogenated alkanes) is 2. The van der Waals surface area contributed by atoms with Crippen molar-refractivity contribution in [2.45, 2.75) is 57.8 Å². The van der Waals surface area contributed by atoms with Gasteiger partial charge >= 0.3 is 0 Å². The molecule has 0 unspecified atom stereocenters. The minimum Gasteiger partial charge on any atom is -0.493 e. The van der Waals surface area contributed by atoms with E-state index in [-0.39, 0.29) is 22.9 Å². The summed E-state index contributed by atoms with van der Waals surface area (Å²) in [6, 6.07) is 11.3. The van der Waals surface area contributed by atoms with Crippen molar-refractivity contribution >= 4 is 21.2 Å². The number of sulfonamides is 1. The van der Waals surface area contributed by atoms with E-state index in [9.17, 15) is 13.2 Å². The third-order valence-corrected chi connectivity index (χ3v) is 7.55. The van der Waals surface area contributed by atoms with Crippen LogP contribution in [0.5, 0.6) is 5.75 Å². The Hall–Kier alpha value is -3.70. The summed E-state index contributed by atoms with van der Waals surface area (Å²) in [5.74, 6) is 1.27. The summed E-state index contributed by atoms with van der Waals surface area (Å²) >= 11 is 0. The van der Waals surface area contributed by atoms with Crippen LogP contribution in [0.25, 0.3) is 16.9 Å². The monoisotopic (exact) mass is 539 g/mol. The summed E-state index contributed by atoms with van der Waals surface area (Å²) in [7, 11) is -3.97. The number of nitrogens with zero attached hydrogens (tertiary/aromatic N) is 3. The van der Waals surface area contributed by atoms with Gasteiger partial charge in [0.2, 0.25) is 0 Å². The maximum atomic E-state index is 13.2. The van der Waals surface area contributed by atoms with Crippen molar-refractivity contribution in [3.63, 3.8) is 0 Å². The predicted octanol–water partition coefficient (Wildman–Crippen LogP) is 3.86. The molecule has 0 spiro atoms. The zero-order valence-electron chi connectivity index (χ0n) is 21.8. The van der Waals surface area contributed by atoms with E-state index in [4.69, 9.17) is 9.84 Å². The summed E-state index contributed by atoms with van der Waals surface area (Å²) in [6.45, 7) is 6.07. The molecule has 0 bridgehead atoms. The lowest BCUT2D eigenvalue weighted by atomic mass is 10.1. The van der Waals surface area contributed by atoms with Gasteiger partial charge in [0, 0.05) is 18.7 Å². The molecule has 3 N–H and O–H groups in total. The summed E-state index contributed by atoms with van der Waals surface area (Å²) in [6.07, 6.45) is 4.18. The normalized spacial score (nSPS) is 11.7. The van der Waals surface area contributed by atoms with Gasteiger partial charge in [-0.25, -0.2) is 17.9 Å². The number of nitrogens with one attached hydrogen (secondary N) is 2. The second-order valence-electron chi connectivity index (χ2n) is 9.00. The van der Waals surface area contributed by atoms with Crippen LogP contribution in [-0.2, 0) is 22.9 Å². The molecule has 0 saturated carbocycles. The van der Waals surface area contributed by atoms with Crippen LogP contribution in [0.1, 0.15) is 50.2 Å². The third kappa shape index (κ3) is 5.89. The Morgan fingerprint density at radius 2 is 1.84 bits per heavy atom. The number of anilines is 1. The molecule has 2 aromatic heterocycles. The summed E-state index contributed by atoms with van der Waals surface area (Å²) in [5, 5.41) is 13.8. The molecular formula is C27H33N5O5S. The van der Waals surface area contributed by atoms with Crippen molar-refractivity contribution in [3.05, 3.63) is 69.9 Å². The Balaban J connectivity index is 1.76. The summed E-state index contributed by atoms with van der Waals surface area (Å²) in [5.41, 5.74) is 2.23. The highest BCUT2D eigenvalue weighted by Crippen LogP contribution is 2.31. The molecule has 0 atom stereocenters. The molecule has 0 amide bonds. The highest BCUT2D eigenvalue weighted by Gasteiger charge is 2.21. The lowest BCUT2D eigenvalue weighted by molar-refractivity contribution is 0.299. The SMILES string of the molecule is CCCCCc1nc(C)c2c(=O)[nH]c(-c3cc(S(=O)(=O)Nc4ccc(CCO)cc4)ccc3OCC)nn12. The van der Waals surface area contributed by atoms with Gasteiger partial charge in [-0.05, 0) is 62.6 Å². The fourth-order valence-corrected chi connectivity index (χ4v) is 5.36. The zero-order valence-corrected chi connectivity index (χ0v) is 22.6. The number of ether oxygens (including phenoxy) is 1. The Kier molecular flexibility index (Phi) is 8.48. The molecule has 0 aliphatic carbocycles. The maximum Gasteiger partial charge on any atom is 0.277 e. The number of aliphatic hydroxyl groups is 1. The van der Waals surface area contributed by atoms with Crippen LogP contribution < -0.4 is 15.0 Å². The lowest BCUT2D eigenvalue weighted by Gasteiger charge is -2.14. The van der Waals surface area contributed by atoms with Gasteiger partial charge < -0.3 is 14.8 Å². The third-order valence-electron chi connectivity index (χ3n) is 6.17. The van der Waals surface area contributed by atoms with Crippen molar-refractivity contribution < 1.29 is 18.3 Å². The number of fused-ring (bicyclic) bond motifs is 1. The highest BCUT2D eigenvalue weighted by atomic mass is 32.2. The van der Waals surface area contributed by atoms with Gasteiger partial charge in [0.15, 0.2) is 11.3 Å². The first kappa shape index (κ1) is 27.3. The van der Waals surface area contributed by atoms with E-state index in [1.165, 1.54) is 12.1 Å². The maximum absolute atomic E-state index is 13.2. The number of aromatic nitrogens is 4. The first-order valence-electron chi connectivity index (χ1n) is 12.8. The predicted molar refractivity (Wildman–Crippen MR) is 146 cm³/mol. The molecular weight excluding hydrogens is 506 g/mol. The van der Waals surface area contributed by atoms with Crippen molar-refractivity contribution in [3.8, 4) is 17.1 Å². The van der Waals surface area contributed by atoms with Crippen LogP contribution in [0.15, 0.2) is 52.2 Å². The minimum atomic E-state index is -3.97. The van der Waals surface area contributed by atoms with Crippen molar-refractivity contribution in [1.82, 2.24) is 19.6 Å². The molecule has 0 saturated heterocycles. The molecule has 4 rings (SSSR count). The number of hydrogen-bond acceptors (Lipinski definition) is 7. The van der Waals surface area contributed by atoms with Crippen LogP contribution in [0.4, 0.5) is 5.69 Å². The molecule has 38 heavy (non-hydrogen) atoms. The number of benzene rings is 2. The fraction of sp³-hybridized carbons (Fsp3) is 0.370. The number of hydrogen-bond donors (Lipinski definition) is 3. The lowest BCUT2D eigenvalue weighted by Crippen LogP contribution is -2.17. The van der Waals surface area contributed by atoms with E-state index < -0.39 is 10.0 Å². The molecule has 0 aliphatic rings. The van der Waals surface area contributed by atoms with Gasteiger partial charge in [0.1, 0.15) is 11.6 Å². The van der Waals surface area contributed by atoms with Crippen molar-refractivity contribution in [1.29, 1.82) is 0 Å². The molecule has 10 nitrogen and oxygen atoms in total. The van der Waals surface area contributed by atoms with E-state index in [1.54, 1.807) is 41.8 Å². The van der Waals surface area contributed by atoms with Gasteiger partial charge in [0.25, 0.3) is 15.6 Å². The average molecular weight is 540 g/mol. The number of imidazole rings is 1. The van der Waals surface area contributed by atoms with Gasteiger partial charge in [-0.1, -0.05) is 31.9 Å². The van der Waals surface area contributed by atoms with E-state index >= 15 is 0 Å². The van der Waals surface area contributed by atoms with Crippen LogP contribution in [0.3, 0.4) is 0 Å². The Labute approximate surface area is 221 Å². The smallest absolute Gasteiger partial charge is 0.277 e. The Morgan fingerprint density at radius 1 is 1.08 bits per heavy atom. The highest BCUT2D eigenvalue weighted by molar-refractivity contribution is 7.92. The number of aliphatic hydroxyl groups excluding tert-OH is 1. The Bertz CT molecular complexity index is 1580. The molecule has 11 heteroatoms. The largest absolute Gasteiger partial charge is 0.493 e. The second-order valence-corrected chi connectivity index (χ2v) is 10.7. The first-order chi connectivity index (χ1) is 18.3. The fourth-order valence-electron chi connectivity index (χ4n) is 4.28. The number of H-pyrrole nitrogens is 1. The average Bonchev–Trinajstić information content (AvgIpc) is 3.21. The number of rotatable bonds is 12. The second kappa shape index (κ2) is 11.8.